The van der Waals surface area contributed by atoms with Crippen molar-refractivity contribution in [1.82, 2.24) is 0 Å². The molecule has 4 nitrogen and oxygen atoms in total. The van der Waals surface area contributed by atoms with Gasteiger partial charge in [0.2, 0.25) is 0 Å². The van der Waals surface area contributed by atoms with Crippen LogP contribution in [0.1, 0.15) is 33.6 Å². The molecule has 0 aliphatic heterocycles. The third kappa shape index (κ3) is 5.74. The van der Waals surface area contributed by atoms with Gasteiger partial charge in [0.1, 0.15) is 6.61 Å². The Labute approximate surface area is 91.9 Å². The summed E-state index contributed by atoms with van der Waals surface area (Å²) >= 11 is 0. The lowest BCUT2D eigenvalue weighted by molar-refractivity contribution is -0.144. The molecule has 0 aliphatic carbocycles. The lowest BCUT2D eigenvalue weighted by Gasteiger charge is -2.29. The molecule has 0 saturated carbocycles. The normalized spacial score (nSPS) is 11.5. The van der Waals surface area contributed by atoms with E-state index in [2.05, 4.69) is 13.8 Å². The Morgan fingerprint density at radius 2 is 1.80 bits per heavy atom. The molecule has 0 spiro atoms. The number of carbonyl (C=O) groups is 1. The van der Waals surface area contributed by atoms with Crippen molar-refractivity contribution in [3.05, 3.63) is 0 Å². The zero-order chi connectivity index (χ0) is 11.7. The lowest BCUT2D eigenvalue weighted by Crippen LogP contribution is -2.36. The highest BCUT2D eigenvalue weighted by Gasteiger charge is 2.25. The van der Waals surface area contributed by atoms with Crippen molar-refractivity contribution in [2.45, 2.75) is 39.2 Å². The van der Waals surface area contributed by atoms with E-state index in [1.54, 1.807) is 7.11 Å². The Hall–Kier alpha value is -0.610. The van der Waals surface area contributed by atoms with Gasteiger partial charge >= 0.3 is 5.97 Å². The van der Waals surface area contributed by atoms with E-state index in [-0.39, 0.29) is 11.6 Å². The van der Waals surface area contributed by atoms with Crippen LogP contribution >= 0.6 is 0 Å². The third-order valence-electron chi connectivity index (χ3n) is 2.62. The van der Waals surface area contributed by atoms with E-state index < -0.39 is 0 Å². The van der Waals surface area contributed by atoms with Crippen LogP contribution in [0, 0.1) is 0 Å². The van der Waals surface area contributed by atoms with E-state index in [0.717, 1.165) is 12.8 Å². The maximum Gasteiger partial charge on any atom is 0.302 e. The Balaban J connectivity index is 3.67. The predicted molar refractivity (Wildman–Crippen MR) is 57.8 cm³/mol. The van der Waals surface area contributed by atoms with Gasteiger partial charge in [0, 0.05) is 14.0 Å². The van der Waals surface area contributed by atoms with Gasteiger partial charge in [0.05, 0.1) is 18.8 Å². The Morgan fingerprint density at radius 3 is 2.20 bits per heavy atom. The molecule has 0 bridgehead atoms. The summed E-state index contributed by atoms with van der Waals surface area (Å²) in [6.45, 7) is 6.80. The van der Waals surface area contributed by atoms with Crippen molar-refractivity contribution in [1.29, 1.82) is 0 Å². The number of carbonyl (C=O) groups excluding carboxylic acids is 1. The van der Waals surface area contributed by atoms with E-state index in [1.165, 1.54) is 6.92 Å². The van der Waals surface area contributed by atoms with Gasteiger partial charge in [0.15, 0.2) is 0 Å². The second-order valence-electron chi connectivity index (χ2n) is 3.49. The minimum absolute atomic E-state index is 0.198. The molecule has 0 fully saturated rings. The highest BCUT2D eigenvalue weighted by atomic mass is 16.6. The average Bonchev–Trinajstić information content (AvgIpc) is 2.24. The number of methoxy groups -OCH3 is 1. The monoisotopic (exact) mass is 218 g/mol. The molecule has 90 valence electrons. The molecule has 0 N–H and O–H groups in total. The first-order valence-electron chi connectivity index (χ1n) is 5.36. The molecule has 0 radical (unpaired) electrons. The first-order valence-corrected chi connectivity index (χ1v) is 5.36. The number of rotatable bonds is 8. The lowest BCUT2D eigenvalue weighted by atomic mass is 9.98. The molecule has 4 heteroatoms. The first kappa shape index (κ1) is 14.4. The zero-order valence-electron chi connectivity index (χ0n) is 10.2. The summed E-state index contributed by atoms with van der Waals surface area (Å²) in [5.41, 5.74) is -0.198. The van der Waals surface area contributed by atoms with Gasteiger partial charge in [-0.1, -0.05) is 13.8 Å². The summed E-state index contributed by atoms with van der Waals surface area (Å²) < 4.78 is 15.6. The summed E-state index contributed by atoms with van der Waals surface area (Å²) in [6, 6.07) is 0. The Morgan fingerprint density at radius 1 is 1.20 bits per heavy atom. The molecule has 0 aromatic carbocycles. The fraction of sp³-hybridized carbons (Fsp3) is 0.909. The van der Waals surface area contributed by atoms with Crippen LogP contribution in [0.25, 0.3) is 0 Å². The highest BCUT2D eigenvalue weighted by Crippen LogP contribution is 2.19. The molecule has 0 saturated heterocycles. The summed E-state index contributed by atoms with van der Waals surface area (Å²) in [7, 11) is 1.70. The van der Waals surface area contributed by atoms with Crippen LogP contribution in [0.3, 0.4) is 0 Å². The van der Waals surface area contributed by atoms with Crippen molar-refractivity contribution in [2.75, 3.05) is 26.9 Å². The van der Waals surface area contributed by atoms with Crippen LogP contribution in [-0.4, -0.2) is 38.5 Å². The van der Waals surface area contributed by atoms with Gasteiger partial charge in [-0.2, -0.15) is 0 Å². The number of esters is 1. The van der Waals surface area contributed by atoms with Gasteiger partial charge in [0.25, 0.3) is 0 Å². The Bertz CT molecular complexity index is 167. The first-order chi connectivity index (χ1) is 7.10. The van der Waals surface area contributed by atoms with Crippen LogP contribution < -0.4 is 0 Å². The SMILES string of the molecule is CCC(CC)(COCCOC(C)=O)OC. The van der Waals surface area contributed by atoms with Crippen LogP contribution in [0.4, 0.5) is 0 Å². The van der Waals surface area contributed by atoms with E-state index in [0.29, 0.717) is 19.8 Å². The maximum atomic E-state index is 10.5. The van der Waals surface area contributed by atoms with Gasteiger partial charge in [-0.25, -0.2) is 0 Å². The highest BCUT2D eigenvalue weighted by molar-refractivity contribution is 5.65. The topological polar surface area (TPSA) is 44.8 Å². The summed E-state index contributed by atoms with van der Waals surface area (Å²) in [5.74, 6) is -0.275. The maximum absolute atomic E-state index is 10.5. The molecule has 15 heavy (non-hydrogen) atoms. The largest absolute Gasteiger partial charge is 0.463 e. The molecule has 0 rings (SSSR count). The predicted octanol–water partition coefficient (Wildman–Crippen LogP) is 1.77. The fourth-order valence-electron chi connectivity index (χ4n) is 1.30. The molecule has 0 unspecified atom stereocenters. The van der Waals surface area contributed by atoms with Crippen LogP contribution in [0.15, 0.2) is 0 Å². The van der Waals surface area contributed by atoms with Crippen molar-refractivity contribution in [2.24, 2.45) is 0 Å². The molecular weight excluding hydrogens is 196 g/mol. The van der Waals surface area contributed by atoms with Crippen molar-refractivity contribution in [3.63, 3.8) is 0 Å². The molecule has 0 atom stereocenters. The molecule has 0 aromatic heterocycles. The average molecular weight is 218 g/mol. The molecule has 0 heterocycles. The van der Waals surface area contributed by atoms with Crippen molar-refractivity contribution in [3.8, 4) is 0 Å². The summed E-state index contributed by atoms with van der Waals surface area (Å²) in [5, 5.41) is 0. The molecule has 0 aromatic rings. The smallest absolute Gasteiger partial charge is 0.302 e. The van der Waals surface area contributed by atoms with Crippen LogP contribution in [0.5, 0.6) is 0 Å². The molecular formula is C11H22O4. The van der Waals surface area contributed by atoms with Gasteiger partial charge in [-0.3, -0.25) is 4.79 Å². The zero-order valence-corrected chi connectivity index (χ0v) is 10.2. The summed E-state index contributed by atoms with van der Waals surface area (Å²) in [6.07, 6.45) is 1.82. The van der Waals surface area contributed by atoms with E-state index >= 15 is 0 Å². The summed E-state index contributed by atoms with van der Waals surface area (Å²) in [4.78, 5) is 10.5. The van der Waals surface area contributed by atoms with Crippen LogP contribution in [-0.2, 0) is 19.0 Å². The number of ether oxygens (including phenoxy) is 3. The van der Waals surface area contributed by atoms with Crippen LogP contribution in [0.2, 0.25) is 0 Å². The van der Waals surface area contributed by atoms with Gasteiger partial charge in [-0.05, 0) is 12.8 Å². The van der Waals surface area contributed by atoms with E-state index in [1.807, 2.05) is 0 Å². The van der Waals surface area contributed by atoms with Gasteiger partial charge in [-0.15, -0.1) is 0 Å². The molecule has 0 amide bonds. The third-order valence-corrected chi connectivity index (χ3v) is 2.62. The van der Waals surface area contributed by atoms with Crippen molar-refractivity contribution < 1.29 is 19.0 Å². The minimum atomic E-state index is -0.275. The minimum Gasteiger partial charge on any atom is -0.463 e. The standard InChI is InChI=1S/C11H22O4/c1-5-11(6-2,13-4)9-14-7-8-15-10(3)12/h5-9H2,1-4H3. The van der Waals surface area contributed by atoms with E-state index in [9.17, 15) is 4.79 Å². The van der Waals surface area contributed by atoms with E-state index in [4.69, 9.17) is 14.2 Å². The second kappa shape index (κ2) is 7.65. The quantitative estimate of drug-likeness (QED) is 0.460. The van der Waals surface area contributed by atoms with Crippen molar-refractivity contribution >= 4 is 5.97 Å². The number of hydrogen-bond acceptors (Lipinski definition) is 4. The second-order valence-corrected chi connectivity index (χ2v) is 3.49. The number of hydrogen-bond donors (Lipinski definition) is 0. The van der Waals surface area contributed by atoms with Gasteiger partial charge < -0.3 is 14.2 Å². The fourth-order valence-corrected chi connectivity index (χ4v) is 1.30. The molecule has 0 aliphatic rings. The Kier molecular flexibility index (Phi) is 7.34.